The van der Waals surface area contributed by atoms with Crippen molar-refractivity contribution < 1.29 is 4.74 Å². The molecule has 1 aliphatic heterocycles. The molecule has 1 aliphatic rings. The van der Waals surface area contributed by atoms with Crippen molar-refractivity contribution in [1.29, 1.82) is 0 Å². The Morgan fingerprint density at radius 2 is 1.61 bits per heavy atom. The van der Waals surface area contributed by atoms with E-state index in [-0.39, 0.29) is 0 Å². The van der Waals surface area contributed by atoms with Crippen LogP contribution in [0.3, 0.4) is 0 Å². The number of benzene rings is 2. The van der Waals surface area contributed by atoms with Crippen LogP contribution in [0.25, 0.3) is 0 Å². The molecule has 122 valence electrons. The highest BCUT2D eigenvalue weighted by atomic mass is 16.5. The molecule has 2 aromatic carbocycles. The molecule has 1 saturated heterocycles. The summed E-state index contributed by atoms with van der Waals surface area (Å²) in [4.78, 5) is 5.04. The minimum absolute atomic E-state index is 0.722. The Morgan fingerprint density at radius 1 is 0.913 bits per heavy atom. The van der Waals surface area contributed by atoms with Crippen molar-refractivity contribution in [3.63, 3.8) is 0 Å². The van der Waals surface area contributed by atoms with Crippen LogP contribution in [0, 0.1) is 6.92 Å². The molecule has 0 spiro atoms. The quantitative estimate of drug-likeness (QED) is 0.837. The molecule has 23 heavy (non-hydrogen) atoms. The number of hydrogen-bond donors (Lipinski definition) is 0. The summed E-state index contributed by atoms with van der Waals surface area (Å²) in [6.45, 7) is 10.4. The van der Waals surface area contributed by atoms with E-state index in [0.717, 1.165) is 45.1 Å². The fraction of sp³-hybridized carbons (Fsp3) is 0.400. The van der Waals surface area contributed by atoms with Gasteiger partial charge in [-0.3, -0.25) is 4.90 Å². The minimum atomic E-state index is 0.722. The van der Waals surface area contributed by atoms with Crippen molar-refractivity contribution in [3.05, 3.63) is 59.7 Å². The van der Waals surface area contributed by atoms with Crippen molar-refractivity contribution >= 4 is 5.69 Å². The monoisotopic (exact) mass is 310 g/mol. The van der Waals surface area contributed by atoms with Gasteiger partial charge < -0.3 is 9.64 Å². The van der Waals surface area contributed by atoms with Gasteiger partial charge in [0.25, 0.3) is 0 Å². The average molecular weight is 310 g/mol. The summed E-state index contributed by atoms with van der Waals surface area (Å²) in [5.41, 5.74) is 4.11. The standard InChI is InChI=1S/C20H26N2O/c1-3-23-19-10-8-18(9-11-19)16-21-12-14-22(15-13-21)20-7-5-4-6-17(20)2/h4-11H,3,12-16H2,1-2H3. The molecule has 2 aromatic rings. The van der Waals surface area contributed by atoms with Crippen LogP contribution in [-0.2, 0) is 6.54 Å². The molecular weight excluding hydrogens is 284 g/mol. The number of aryl methyl sites for hydroxylation is 1. The summed E-state index contributed by atoms with van der Waals surface area (Å²) in [6.07, 6.45) is 0. The molecule has 0 bridgehead atoms. The van der Waals surface area contributed by atoms with E-state index in [9.17, 15) is 0 Å². The fourth-order valence-electron chi connectivity index (χ4n) is 3.18. The van der Waals surface area contributed by atoms with Gasteiger partial charge in [0.05, 0.1) is 6.61 Å². The van der Waals surface area contributed by atoms with Gasteiger partial charge in [-0.1, -0.05) is 30.3 Å². The molecule has 1 heterocycles. The molecule has 3 rings (SSSR count). The van der Waals surface area contributed by atoms with Gasteiger partial charge in [-0.05, 0) is 43.2 Å². The molecule has 0 aliphatic carbocycles. The number of anilines is 1. The molecule has 0 saturated carbocycles. The van der Waals surface area contributed by atoms with Crippen LogP contribution in [-0.4, -0.2) is 37.7 Å². The number of rotatable bonds is 5. The summed E-state index contributed by atoms with van der Waals surface area (Å²) in [7, 11) is 0. The molecule has 0 radical (unpaired) electrons. The summed E-state index contributed by atoms with van der Waals surface area (Å²) in [6, 6.07) is 17.2. The van der Waals surface area contributed by atoms with E-state index in [4.69, 9.17) is 4.74 Å². The van der Waals surface area contributed by atoms with Crippen molar-refractivity contribution in [1.82, 2.24) is 4.90 Å². The maximum atomic E-state index is 5.50. The Bertz CT molecular complexity index is 616. The second-order valence-corrected chi connectivity index (χ2v) is 6.13. The second kappa shape index (κ2) is 7.51. The van der Waals surface area contributed by atoms with E-state index >= 15 is 0 Å². The number of hydrogen-bond acceptors (Lipinski definition) is 3. The van der Waals surface area contributed by atoms with Crippen molar-refractivity contribution in [2.75, 3.05) is 37.7 Å². The van der Waals surface area contributed by atoms with Gasteiger partial charge in [0, 0.05) is 38.4 Å². The first-order chi connectivity index (χ1) is 11.3. The van der Waals surface area contributed by atoms with E-state index in [1.54, 1.807) is 0 Å². The van der Waals surface area contributed by atoms with Gasteiger partial charge in [-0.25, -0.2) is 0 Å². The van der Waals surface area contributed by atoms with E-state index in [2.05, 4.69) is 65.3 Å². The maximum absolute atomic E-state index is 5.50. The zero-order valence-electron chi connectivity index (χ0n) is 14.2. The third kappa shape index (κ3) is 4.05. The summed E-state index contributed by atoms with van der Waals surface area (Å²) < 4.78 is 5.50. The Kier molecular flexibility index (Phi) is 5.19. The van der Waals surface area contributed by atoms with Crippen LogP contribution in [0.1, 0.15) is 18.1 Å². The lowest BCUT2D eigenvalue weighted by Crippen LogP contribution is -2.46. The number of ether oxygens (including phenoxy) is 1. The predicted octanol–water partition coefficient (Wildman–Crippen LogP) is 3.72. The van der Waals surface area contributed by atoms with Crippen LogP contribution in [0.5, 0.6) is 5.75 Å². The topological polar surface area (TPSA) is 15.7 Å². The SMILES string of the molecule is CCOc1ccc(CN2CCN(c3ccccc3C)CC2)cc1. The van der Waals surface area contributed by atoms with Crippen molar-refractivity contribution in [3.8, 4) is 5.75 Å². The molecule has 0 atom stereocenters. The first-order valence-corrected chi connectivity index (χ1v) is 8.51. The molecule has 1 fully saturated rings. The van der Waals surface area contributed by atoms with Crippen LogP contribution in [0.15, 0.2) is 48.5 Å². The largest absolute Gasteiger partial charge is 0.494 e. The highest BCUT2D eigenvalue weighted by Gasteiger charge is 2.18. The van der Waals surface area contributed by atoms with Crippen LogP contribution < -0.4 is 9.64 Å². The first-order valence-electron chi connectivity index (χ1n) is 8.51. The van der Waals surface area contributed by atoms with E-state index in [1.807, 2.05) is 6.92 Å². The molecule has 0 amide bonds. The molecule has 0 N–H and O–H groups in total. The van der Waals surface area contributed by atoms with E-state index in [0.29, 0.717) is 0 Å². The molecule has 3 heteroatoms. The Hall–Kier alpha value is -2.00. The number of nitrogens with zero attached hydrogens (tertiary/aromatic N) is 2. The Balaban J connectivity index is 1.54. The third-order valence-corrected chi connectivity index (χ3v) is 4.47. The third-order valence-electron chi connectivity index (χ3n) is 4.47. The first kappa shape index (κ1) is 15.9. The lowest BCUT2D eigenvalue weighted by Gasteiger charge is -2.36. The number of para-hydroxylation sites is 1. The summed E-state index contributed by atoms with van der Waals surface area (Å²) >= 11 is 0. The normalized spacial score (nSPS) is 15.7. The minimum Gasteiger partial charge on any atom is -0.494 e. The maximum Gasteiger partial charge on any atom is 0.119 e. The predicted molar refractivity (Wildman–Crippen MR) is 96.3 cm³/mol. The van der Waals surface area contributed by atoms with Gasteiger partial charge in [-0.2, -0.15) is 0 Å². The lowest BCUT2D eigenvalue weighted by molar-refractivity contribution is 0.249. The highest BCUT2D eigenvalue weighted by molar-refractivity contribution is 5.53. The van der Waals surface area contributed by atoms with Gasteiger partial charge in [0.2, 0.25) is 0 Å². The van der Waals surface area contributed by atoms with E-state index in [1.165, 1.54) is 16.8 Å². The van der Waals surface area contributed by atoms with Gasteiger partial charge in [-0.15, -0.1) is 0 Å². The summed E-state index contributed by atoms with van der Waals surface area (Å²) in [5, 5.41) is 0. The average Bonchev–Trinajstić information content (AvgIpc) is 2.58. The van der Waals surface area contributed by atoms with Crippen LogP contribution >= 0.6 is 0 Å². The van der Waals surface area contributed by atoms with E-state index < -0.39 is 0 Å². The second-order valence-electron chi connectivity index (χ2n) is 6.13. The van der Waals surface area contributed by atoms with Crippen molar-refractivity contribution in [2.24, 2.45) is 0 Å². The Labute approximate surface area is 139 Å². The smallest absolute Gasteiger partial charge is 0.119 e. The highest BCUT2D eigenvalue weighted by Crippen LogP contribution is 2.21. The van der Waals surface area contributed by atoms with Gasteiger partial charge >= 0.3 is 0 Å². The van der Waals surface area contributed by atoms with Crippen LogP contribution in [0.4, 0.5) is 5.69 Å². The zero-order valence-corrected chi connectivity index (χ0v) is 14.2. The number of piperazine rings is 1. The van der Waals surface area contributed by atoms with Crippen molar-refractivity contribution in [2.45, 2.75) is 20.4 Å². The zero-order chi connectivity index (χ0) is 16.1. The fourth-order valence-corrected chi connectivity index (χ4v) is 3.18. The lowest BCUT2D eigenvalue weighted by atomic mass is 10.1. The molecule has 0 unspecified atom stereocenters. The van der Waals surface area contributed by atoms with Gasteiger partial charge in [0.15, 0.2) is 0 Å². The molecule has 3 nitrogen and oxygen atoms in total. The molecule has 0 aromatic heterocycles. The Morgan fingerprint density at radius 3 is 2.26 bits per heavy atom. The summed E-state index contributed by atoms with van der Waals surface area (Å²) in [5.74, 6) is 0.959. The molecular formula is C20H26N2O. The van der Waals surface area contributed by atoms with Crippen LogP contribution in [0.2, 0.25) is 0 Å². The van der Waals surface area contributed by atoms with Gasteiger partial charge in [0.1, 0.15) is 5.75 Å².